The predicted molar refractivity (Wildman–Crippen MR) is 83.7 cm³/mol. The molecule has 0 radical (unpaired) electrons. The van der Waals surface area contributed by atoms with Crippen molar-refractivity contribution in [2.45, 2.75) is 0 Å². The first kappa shape index (κ1) is 13.6. The van der Waals surface area contributed by atoms with Crippen LogP contribution in [0.5, 0.6) is 0 Å². The van der Waals surface area contributed by atoms with Crippen molar-refractivity contribution >= 4 is 22.5 Å². The minimum absolute atomic E-state index is 0.309. The van der Waals surface area contributed by atoms with E-state index in [-0.39, 0.29) is 11.5 Å². The Morgan fingerprint density at radius 1 is 1.09 bits per heavy atom. The Kier molecular flexibility index (Phi) is 3.42. The molecule has 106 valence electrons. The summed E-state index contributed by atoms with van der Waals surface area (Å²) < 4.78 is 0. The Hall–Kier alpha value is -3.39. The van der Waals surface area contributed by atoms with Crippen LogP contribution in [0, 0.1) is 11.3 Å². The summed E-state index contributed by atoms with van der Waals surface area (Å²) in [5, 5.41) is 12.2. The van der Waals surface area contributed by atoms with Gasteiger partial charge in [-0.1, -0.05) is 18.2 Å². The summed E-state index contributed by atoms with van der Waals surface area (Å²) in [6.45, 7) is 0. The molecule has 3 rings (SSSR count). The average Bonchev–Trinajstić information content (AvgIpc) is 2.54. The zero-order valence-corrected chi connectivity index (χ0v) is 11.5. The van der Waals surface area contributed by atoms with Crippen molar-refractivity contribution in [3.63, 3.8) is 0 Å². The van der Waals surface area contributed by atoms with Gasteiger partial charge in [0.2, 0.25) is 5.56 Å². The van der Waals surface area contributed by atoms with E-state index in [9.17, 15) is 9.59 Å². The summed E-state index contributed by atoms with van der Waals surface area (Å²) in [6, 6.07) is 16.9. The van der Waals surface area contributed by atoms with Crippen LogP contribution in [0.15, 0.2) is 59.4 Å². The molecule has 1 heterocycles. The fraction of sp³-hybridized carbons (Fsp3) is 0. The third-order valence-electron chi connectivity index (χ3n) is 3.27. The molecule has 1 amide bonds. The molecular formula is C17H11N3O2. The van der Waals surface area contributed by atoms with Crippen molar-refractivity contribution in [1.29, 1.82) is 5.26 Å². The molecule has 0 aliphatic carbocycles. The van der Waals surface area contributed by atoms with Crippen LogP contribution in [0.2, 0.25) is 0 Å². The number of H-pyrrole nitrogens is 1. The van der Waals surface area contributed by atoms with Crippen LogP contribution in [-0.2, 0) is 0 Å². The van der Waals surface area contributed by atoms with Gasteiger partial charge in [0.1, 0.15) is 0 Å². The quantitative estimate of drug-likeness (QED) is 0.760. The number of nitrogens with one attached hydrogen (secondary N) is 2. The maximum Gasteiger partial charge on any atom is 0.256 e. The van der Waals surface area contributed by atoms with E-state index >= 15 is 0 Å². The summed E-state index contributed by atoms with van der Waals surface area (Å²) in [7, 11) is 0. The lowest BCUT2D eigenvalue weighted by Gasteiger charge is -2.07. The number of carbonyl (C=O) groups is 1. The van der Waals surface area contributed by atoms with Gasteiger partial charge in [-0.3, -0.25) is 9.59 Å². The maximum atomic E-state index is 12.4. The number of nitrogens with zero attached hydrogens (tertiary/aromatic N) is 1. The number of anilines is 1. The molecule has 3 aromatic rings. The normalized spacial score (nSPS) is 10.1. The number of pyridine rings is 1. The number of fused-ring (bicyclic) bond motifs is 1. The van der Waals surface area contributed by atoms with Crippen molar-refractivity contribution in [3.8, 4) is 6.07 Å². The summed E-state index contributed by atoms with van der Waals surface area (Å²) in [4.78, 5) is 26.8. The maximum absolute atomic E-state index is 12.4. The number of nitriles is 1. The lowest BCUT2D eigenvalue weighted by atomic mass is 10.1. The molecule has 0 saturated carbocycles. The van der Waals surface area contributed by atoms with Gasteiger partial charge >= 0.3 is 0 Å². The standard InChI is InChI=1S/C17H11N3O2/c18-10-11-5-7-12(8-6-11)19-17(22)14-9-16(21)20-15-4-2-1-3-13(14)15/h1-9H,(H,19,22)(H,20,21). The molecule has 0 saturated heterocycles. The van der Waals surface area contributed by atoms with Crippen molar-refractivity contribution in [2.24, 2.45) is 0 Å². The van der Waals surface area contributed by atoms with Crippen molar-refractivity contribution in [2.75, 3.05) is 5.32 Å². The minimum Gasteiger partial charge on any atom is -0.322 e. The first-order valence-corrected chi connectivity index (χ1v) is 6.61. The van der Waals surface area contributed by atoms with E-state index in [1.807, 2.05) is 6.07 Å². The van der Waals surface area contributed by atoms with Crippen LogP contribution in [0.25, 0.3) is 10.9 Å². The van der Waals surface area contributed by atoms with Crippen LogP contribution in [0.3, 0.4) is 0 Å². The fourth-order valence-electron chi connectivity index (χ4n) is 2.22. The van der Waals surface area contributed by atoms with E-state index in [2.05, 4.69) is 10.3 Å². The molecule has 0 unspecified atom stereocenters. The summed E-state index contributed by atoms with van der Waals surface area (Å²) in [6.07, 6.45) is 0. The monoisotopic (exact) mass is 289 g/mol. The lowest BCUT2D eigenvalue weighted by Crippen LogP contribution is -2.16. The molecule has 0 fully saturated rings. The zero-order valence-electron chi connectivity index (χ0n) is 11.5. The second-order valence-corrected chi connectivity index (χ2v) is 4.74. The number of hydrogen-bond acceptors (Lipinski definition) is 3. The van der Waals surface area contributed by atoms with Crippen LogP contribution in [-0.4, -0.2) is 10.9 Å². The van der Waals surface area contributed by atoms with Crippen LogP contribution in [0.4, 0.5) is 5.69 Å². The topological polar surface area (TPSA) is 85.8 Å². The average molecular weight is 289 g/mol. The van der Waals surface area contributed by atoms with Crippen molar-refractivity contribution in [1.82, 2.24) is 4.98 Å². The SMILES string of the molecule is N#Cc1ccc(NC(=O)c2cc(=O)[nH]c3ccccc23)cc1. The first-order valence-electron chi connectivity index (χ1n) is 6.61. The molecule has 22 heavy (non-hydrogen) atoms. The van der Waals surface area contributed by atoms with Gasteiger partial charge < -0.3 is 10.3 Å². The number of benzene rings is 2. The predicted octanol–water partition coefficient (Wildman–Crippen LogP) is 2.65. The largest absolute Gasteiger partial charge is 0.322 e. The Morgan fingerprint density at radius 3 is 2.55 bits per heavy atom. The van der Waals surface area contributed by atoms with Gasteiger partial charge in [0.15, 0.2) is 0 Å². The number of aromatic nitrogens is 1. The van der Waals surface area contributed by atoms with Crippen LogP contribution >= 0.6 is 0 Å². The highest BCUT2D eigenvalue weighted by Gasteiger charge is 2.11. The number of para-hydroxylation sites is 1. The Labute approximate surface area is 125 Å². The highest BCUT2D eigenvalue weighted by molar-refractivity contribution is 6.12. The molecule has 0 aliphatic heterocycles. The van der Waals surface area contributed by atoms with Gasteiger partial charge in [0.05, 0.1) is 17.2 Å². The molecule has 5 nitrogen and oxygen atoms in total. The molecule has 0 spiro atoms. The first-order chi connectivity index (χ1) is 10.7. The van der Waals surface area contributed by atoms with Gasteiger partial charge in [0.25, 0.3) is 5.91 Å². The van der Waals surface area contributed by atoms with E-state index in [0.29, 0.717) is 27.7 Å². The van der Waals surface area contributed by atoms with E-state index < -0.39 is 0 Å². The van der Waals surface area contributed by atoms with Gasteiger partial charge in [0, 0.05) is 22.7 Å². The molecule has 0 bridgehead atoms. The fourth-order valence-corrected chi connectivity index (χ4v) is 2.22. The molecule has 2 aromatic carbocycles. The van der Waals surface area contributed by atoms with Gasteiger partial charge in [-0.15, -0.1) is 0 Å². The minimum atomic E-state index is -0.369. The Morgan fingerprint density at radius 2 is 1.82 bits per heavy atom. The van der Waals surface area contributed by atoms with Gasteiger partial charge in [-0.25, -0.2) is 0 Å². The highest BCUT2D eigenvalue weighted by atomic mass is 16.2. The van der Waals surface area contributed by atoms with Gasteiger partial charge in [-0.05, 0) is 30.3 Å². The summed E-state index contributed by atoms with van der Waals surface area (Å²) >= 11 is 0. The number of carbonyl (C=O) groups excluding carboxylic acids is 1. The number of amides is 1. The van der Waals surface area contributed by atoms with Crippen molar-refractivity contribution in [3.05, 3.63) is 76.1 Å². The highest BCUT2D eigenvalue weighted by Crippen LogP contribution is 2.17. The molecular weight excluding hydrogens is 278 g/mol. The third-order valence-corrected chi connectivity index (χ3v) is 3.27. The third kappa shape index (κ3) is 2.58. The molecule has 0 aliphatic rings. The van der Waals surface area contributed by atoms with Gasteiger partial charge in [-0.2, -0.15) is 5.26 Å². The molecule has 1 aromatic heterocycles. The summed E-state index contributed by atoms with van der Waals surface area (Å²) in [5.41, 5.74) is 1.67. The molecule has 2 N–H and O–H groups in total. The molecule has 5 heteroatoms. The second kappa shape index (κ2) is 5.54. The molecule has 0 atom stereocenters. The van der Waals surface area contributed by atoms with Crippen molar-refractivity contribution < 1.29 is 4.79 Å². The van der Waals surface area contributed by atoms with E-state index in [1.165, 1.54) is 6.07 Å². The number of aromatic amines is 1. The zero-order chi connectivity index (χ0) is 15.5. The van der Waals surface area contributed by atoms with E-state index in [0.717, 1.165) is 0 Å². The van der Waals surface area contributed by atoms with Crippen LogP contribution < -0.4 is 10.9 Å². The second-order valence-electron chi connectivity index (χ2n) is 4.74. The summed E-state index contributed by atoms with van der Waals surface area (Å²) in [5.74, 6) is -0.369. The van der Waals surface area contributed by atoms with E-state index in [4.69, 9.17) is 5.26 Å². The number of hydrogen-bond donors (Lipinski definition) is 2. The Bertz CT molecular complexity index is 950. The van der Waals surface area contributed by atoms with Crippen LogP contribution in [0.1, 0.15) is 15.9 Å². The Balaban J connectivity index is 1.98. The number of rotatable bonds is 2. The lowest BCUT2D eigenvalue weighted by molar-refractivity contribution is 0.102. The smallest absolute Gasteiger partial charge is 0.256 e. The van der Waals surface area contributed by atoms with E-state index in [1.54, 1.807) is 48.5 Å².